The summed E-state index contributed by atoms with van der Waals surface area (Å²) in [5, 5.41) is 13.7. The van der Waals surface area contributed by atoms with Crippen LogP contribution in [0.4, 0.5) is 0 Å². The van der Waals surface area contributed by atoms with E-state index in [2.05, 4.69) is 12.2 Å². The van der Waals surface area contributed by atoms with Crippen LogP contribution in [0.15, 0.2) is 0 Å². The minimum atomic E-state index is -0.100. The first-order valence-corrected chi connectivity index (χ1v) is 7.71. The molecule has 17 heavy (non-hydrogen) atoms. The summed E-state index contributed by atoms with van der Waals surface area (Å²) < 4.78 is 0. The van der Waals surface area contributed by atoms with Crippen molar-refractivity contribution in [1.82, 2.24) is 5.32 Å². The van der Waals surface area contributed by atoms with Crippen LogP contribution >= 0.6 is 0 Å². The van der Waals surface area contributed by atoms with Gasteiger partial charge in [-0.25, -0.2) is 0 Å². The Morgan fingerprint density at radius 2 is 1.47 bits per heavy atom. The highest BCUT2D eigenvalue weighted by Crippen LogP contribution is 2.27. The number of aliphatic hydroxyl groups is 1. The fraction of sp³-hybridized carbons (Fsp3) is 1.00. The molecule has 0 aromatic heterocycles. The predicted molar refractivity (Wildman–Crippen MR) is 72.1 cm³/mol. The van der Waals surface area contributed by atoms with E-state index in [9.17, 15) is 5.11 Å². The zero-order chi connectivity index (χ0) is 12.1. The molecule has 0 radical (unpaired) electrons. The molecule has 2 N–H and O–H groups in total. The minimum Gasteiger partial charge on any atom is -0.392 e. The number of nitrogens with one attached hydrogen (secondary N) is 1. The third kappa shape index (κ3) is 3.96. The Kier molecular flexibility index (Phi) is 5.30. The van der Waals surface area contributed by atoms with Gasteiger partial charge in [0.15, 0.2) is 0 Å². The van der Waals surface area contributed by atoms with Gasteiger partial charge in [0.1, 0.15) is 0 Å². The molecule has 3 atom stereocenters. The lowest BCUT2D eigenvalue weighted by molar-refractivity contribution is 0.0803. The Bertz CT molecular complexity index is 211. The first-order valence-electron chi connectivity index (χ1n) is 7.71. The van der Waals surface area contributed by atoms with E-state index in [0.29, 0.717) is 12.1 Å². The van der Waals surface area contributed by atoms with Gasteiger partial charge < -0.3 is 10.4 Å². The van der Waals surface area contributed by atoms with Crippen LogP contribution in [0.1, 0.15) is 71.1 Å². The maximum Gasteiger partial charge on any atom is 0.0693 e. The van der Waals surface area contributed by atoms with Gasteiger partial charge >= 0.3 is 0 Å². The molecule has 2 nitrogen and oxygen atoms in total. The zero-order valence-corrected chi connectivity index (χ0v) is 11.3. The molecule has 0 aliphatic heterocycles. The van der Waals surface area contributed by atoms with E-state index in [0.717, 1.165) is 18.8 Å². The molecule has 2 rings (SSSR count). The zero-order valence-electron chi connectivity index (χ0n) is 11.3. The van der Waals surface area contributed by atoms with Crippen LogP contribution in [0.25, 0.3) is 0 Å². The first kappa shape index (κ1) is 13.4. The summed E-state index contributed by atoms with van der Waals surface area (Å²) in [6.07, 6.45) is 13.0. The summed E-state index contributed by atoms with van der Waals surface area (Å²) in [4.78, 5) is 0. The van der Waals surface area contributed by atoms with Crippen molar-refractivity contribution < 1.29 is 5.11 Å². The second-order valence-corrected chi connectivity index (χ2v) is 6.17. The molecule has 100 valence electrons. The van der Waals surface area contributed by atoms with Crippen molar-refractivity contribution in [3.63, 3.8) is 0 Å². The molecule has 0 heterocycles. The lowest BCUT2D eigenvalue weighted by Gasteiger charge is -2.34. The van der Waals surface area contributed by atoms with Gasteiger partial charge in [-0.1, -0.05) is 38.5 Å². The van der Waals surface area contributed by atoms with Crippen LogP contribution < -0.4 is 5.32 Å². The highest BCUT2D eigenvalue weighted by molar-refractivity contribution is 4.85. The molecule has 0 aromatic rings. The van der Waals surface area contributed by atoms with Crippen molar-refractivity contribution in [2.24, 2.45) is 5.92 Å². The Hall–Kier alpha value is -0.0800. The molecule has 2 aliphatic rings. The average Bonchev–Trinajstić information content (AvgIpc) is 2.61. The summed E-state index contributed by atoms with van der Waals surface area (Å²) in [6.45, 7) is 2.33. The van der Waals surface area contributed by atoms with Crippen molar-refractivity contribution in [3.8, 4) is 0 Å². The van der Waals surface area contributed by atoms with Gasteiger partial charge in [-0.15, -0.1) is 0 Å². The average molecular weight is 239 g/mol. The normalized spacial score (nSPS) is 34.2. The monoisotopic (exact) mass is 239 g/mol. The van der Waals surface area contributed by atoms with E-state index in [-0.39, 0.29) is 6.10 Å². The van der Waals surface area contributed by atoms with Crippen LogP contribution in [0, 0.1) is 5.92 Å². The molecular formula is C15H29NO. The number of hydrogen-bond donors (Lipinski definition) is 2. The van der Waals surface area contributed by atoms with Gasteiger partial charge in [0.25, 0.3) is 0 Å². The molecule has 0 bridgehead atoms. The standard InChI is InChI=1S/C15H29NO/c1-12(13-8-4-2-3-5-9-13)16-14-10-6-7-11-15(14)17/h12-17H,2-11H2,1H3/t12-,14?,15?/m0/s1. The summed E-state index contributed by atoms with van der Waals surface area (Å²) in [6, 6.07) is 0.952. The van der Waals surface area contributed by atoms with E-state index in [4.69, 9.17) is 0 Å². The molecule has 2 saturated carbocycles. The van der Waals surface area contributed by atoms with E-state index in [1.807, 2.05) is 0 Å². The lowest BCUT2D eigenvalue weighted by Crippen LogP contribution is -2.48. The van der Waals surface area contributed by atoms with E-state index < -0.39 is 0 Å². The lowest BCUT2D eigenvalue weighted by atomic mass is 9.88. The second-order valence-electron chi connectivity index (χ2n) is 6.17. The van der Waals surface area contributed by atoms with Crippen LogP contribution in [-0.4, -0.2) is 23.3 Å². The second kappa shape index (κ2) is 6.75. The summed E-state index contributed by atoms with van der Waals surface area (Å²) >= 11 is 0. The molecule has 2 unspecified atom stereocenters. The third-order valence-corrected chi connectivity index (χ3v) is 4.81. The van der Waals surface area contributed by atoms with Crippen LogP contribution in [0.5, 0.6) is 0 Å². The van der Waals surface area contributed by atoms with Gasteiger partial charge in [0.05, 0.1) is 6.10 Å². The van der Waals surface area contributed by atoms with Gasteiger partial charge in [0.2, 0.25) is 0 Å². The van der Waals surface area contributed by atoms with Crippen molar-refractivity contribution in [2.45, 2.75) is 89.3 Å². The van der Waals surface area contributed by atoms with Gasteiger partial charge in [-0.3, -0.25) is 0 Å². The van der Waals surface area contributed by atoms with Gasteiger partial charge in [-0.2, -0.15) is 0 Å². The van der Waals surface area contributed by atoms with E-state index in [1.54, 1.807) is 0 Å². The Morgan fingerprint density at radius 3 is 2.12 bits per heavy atom. The van der Waals surface area contributed by atoms with Crippen molar-refractivity contribution in [1.29, 1.82) is 0 Å². The largest absolute Gasteiger partial charge is 0.392 e. The molecule has 0 spiro atoms. The van der Waals surface area contributed by atoms with Crippen LogP contribution in [0.3, 0.4) is 0 Å². The molecule has 0 aromatic carbocycles. The van der Waals surface area contributed by atoms with Gasteiger partial charge in [0, 0.05) is 12.1 Å². The fourth-order valence-electron chi connectivity index (χ4n) is 3.59. The highest BCUT2D eigenvalue weighted by Gasteiger charge is 2.27. The van der Waals surface area contributed by atoms with Crippen LogP contribution in [-0.2, 0) is 0 Å². The SMILES string of the molecule is C[C@H](NC1CCCCC1O)C1CCCCCC1. The Labute approximate surface area is 106 Å². The maximum atomic E-state index is 10.0. The maximum absolute atomic E-state index is 10.0. The van der Waals surface area contributed by atoms with Crippen molar-refractivity contribution >= 4 is 0 Å². The molecule has 2 aliphatic carbocycles. The smallest absolute Gasteiger partial charge is 0.0693 e. The Balaban J connectivity index is 1.79. The van der Waals surface area contributed by atoms with E-state index >= 15 is 0 Å². The van der Waals surface area contributed by atoms with Crippen molar-refractivity contribution in [3.05, 3.63) is 0 Å². The molecule has 2 fully saturated rings. The van der Waals surface area contributed by atoms with Crippen molar-refractivity contribution in [2.75, 3.05) is 0 Å². The summed E-state index contributed by atoms with van der Waals surface area (Å²) in [5.41, 5.74) is 0. The topological polar surface area (TPSA) is 32.3 Å². The highest BCUT2D eigenvalue weighted by atomic mass is 16.3. The molecule has 0 saturated heterocycles. The Morgan fingerprint density at radius 1 is 0.882 bits per heavy atom. The summed E-state index contributed by atoms with van der Waals surface area (Å²) in [7, 11) is 0. The van der Waals surface area contributed by atoms with Gasteiger partial charge in [-0.05, 0) is 38.5 Å². The summed E-state index contributed by atoms with van der Waals surface area (Å²) in [5.74, 6) is 0.839. The fourth-order valence-corrected chi connectivity index (χ4v) is 3.59. The third-order valence-electron chi connectivity index (χ3n) is 4.81. The number of rotatable bonds is 3. The predicted octanol–water partition coefficient (Wildman–Crippen LogP) is 3.24. The van der Waals surface area contributed by atoms with E-state index in [1.165, 1.54) is 51.4 Å². The number of hydrogen-bond acceptors (Lipinski definition) is 2. The molecule has 0 amide bonds. The molecule has 2 heteroatoms. The minimum absolute atomic E-state index is 0.100. The number of aliphatic hydroxyl groups excluding tert-OH is 1. The van der Waals surface area contributed by atoms with Crippen LogP contribution in [0.2, 0.25) is 0 Å². The molecular weight excluding hydrogens is 210 g/mol. The first-order chi connectivity index (χ1) is 8.27. The quantitative estimate of drug-likeness (QED) is 0.741.